The van der Waals surface area contributed by atoms with Crippen LogP contribution in [0.3, 0.4) is 0 Å². The van der Waals surface area contributed by atoms with Crippen molar-refractivity contribution in [2.45, 2.75) is 41.1 Å². The van der Waals surface area contributed by atoms with Crippen molar-refractivity contribution in [3.63, 3.8) is 0 Å². The molecule has 260 valence electrons. The lowest BCUT2D eigenvalue weighted by molar-refractivity contribution is -0.432. The lowest BCUT2D eigenvalue weighted by Crippen LogP contribution is -2.03. The Hall–Kier alpha value is -3.19. The van der Waals surface area contributed by atoms with Gasteiger partial charge in [0.15, 0.2) is 0 Å². The third kappa shape index (κ3) is 14.1. The van der Waals surface area contributed by atoms with Gasteiger partial charge in [0.05, 0.1) is 22.6 Å². The summed E-state index contributed by atoms with van der Waals surface area (Å²) in [5, 5.41) is 33.0. The summed E-state index contributed by atoms with van der Waals surface area (Å²) in [7, 11) is -4.45. The largest absolute Gasteiger partial charge is 0.442 e. The molecule has 0 spiro atoms. The van der Waals surface area contributed by atoms with Gasteiger partial charge in [-0.3, -0.25) is 9.65 Å². The summed E-state index contributed by atoms with van der Waals surface area (Å²) in [5.74, 6) is 1.28. The Morgan fingerprint density at radius 1 is 1.10 bits per heavy atom. The van der Waals surface area contributed by atoms with Crippen molar-refractivity contribution in [1.29, 1.82) is 0 Å². The summed E-state index contributed by atoms with van der Waals surface area (Å²) in [4.78, 5) is 9.66. The van der Waals surface area contributed by atoms with Crippen molar-refractivity contribution in [3.8, 4) is 11.4 Å². The van der Waals surface area contributed by atoms with Gasteiger partial charge in [-0.1, -0.05) is 27.4 Å². The molecule has 1 aromatic heterocycles. The van der Waals surface area contributed by atoms with Crippen LogP contribution in [0.1, 0.15) is 24.0 Å². The van der Waals surface area contributed by atoms with Crippen LogP contribution in [-0.4, -0.2) is 56.9 Å². The standard InChI is InChI=1S/C15H15NO8S3.C12H16N4O3S2/c1-10-2-3-12(6-15(10)25)21-9-16-22-8-11-4-13(26-24-23-17)7-14(5-11)27(18,19)20;17-18-19-21-7-2-1-6-13-10-4-3-5-11(8-10)16-12(20)14-9-15-16/h2-7,9,17,25H,8H2,1H3,(H,18,19,20);3-5,8-9,13,17H,1-2,6-7H2,(H,14,15,20)/b16-9-;. The fourth-order valence-electron chi connectivity index (χ4n) is 3.62. The monoisotopic (exact) mass is 761 g/mol. The van der Waals surface area contributed by atoms with E-state index in [2.05, 4.69) is 51.9 Å². The molecule has 48 heavy (non-hydrogen) atoms. The second-order valence-electron chi connectivity index (χ2n) is 9.22. The van der Waals surface area contributed by atoms with Gasteiger partial charge < -0.3 is 14.9 Å². The highest BCUT2D eigenvalue weighted by Gasteiger charge is 2.14. The summed E-state index contributed by atoms with van der Waals surface area (Å²) >= 11 is 11.0. The molecule has 4 aromatic rings. The molecule has 0 saturated heterocycles. The zero-order valence-electron chi connectivity index (χ0n) is 25.0. The molecule has 0 unspecified atom stereocenters. The number of benzene rings is 3. The van der Waals surface area contributed by atoms with E-state index in [4.69, 9.17) is 32.3 Å². The summed E-state index contributed by atoms with van der Waals surface area (Å²) in [6.45, 7) is 2.63. The minimum absolute atomic E-state index is 0.123. The maximum atomic E-state index is 11.3. The van der Waals surface area contributed by atoms with Gasteiger partial charge in [0.2, 0.25) is 11.2 Å². The highest BCUT2D eigenvalue weighted by Crippen LogP contribution is 2.25. The molecule has 0 amide bonds. The number of hydrogen-bond acceptors (Lipinski definition) is 17. The zero-order chi connectivity index (χ0) is 34.8. The molecule has 4 rings (SSSR count). The molecule has 0 fully saturated rings. The predicted molar refractivity (Wildman–Crippen MR) is 183 cm³/mol. The van der Waals surface area contributed by atoms with Gasteiger partial charge in [-0.05, 0) is 91.6 Å². The SMILES string of the molecule is Cc1ccc(O/C=N\OCc2cc(SOOO)cc(S(=O)(=O)O)c2)cc1S.OOOSCCCCNc1cccc(-n2[nH]cnc2=S)c1. The second-order valence-corrected chi connectivity index (χ2v) is 13.0. The number of H-pyrrole nitrogens is 1. The average Bonchev–Trinajstić information content (AvgIpc) is 3.50. The number of hydrogen-bond donors (Lipinski definition) is 6. The van der Waals surface area contributed by atoms with Crippen LogP contribution in [0, 0.1) is 11.7 Å². The van der Waals surface area contributed by atoms with Gasteiger partial charge in [0.1, 0.15) is 18.7 Å². The second kappa shape index (κ2) is 21.0. The minimum Gasteiger partial charge on any atom is -0.442 e. The van der Waals surface area contributed by atoms with Gasteiger partial charge in [0.25, 0.3) is 10.1 Å². The predicted octanol–water partition coefficient (Wildman–Crippen LogP) is 6.69. The molecule has 0 aliphatic heterocycles. The number of aromatic nitrogens is 3. The maximum absolute atomic E-state index is 11.3. The molecular weight excluding hydrogens is 731 g/mol. The highest BCUT2D eigenvalue weighted by atomic mass is 32.2. The van der Waals surface area contributed by atoms with Gasteiger partial charge in [0, 0.05) is 39.8 Å². The number of nitrogens with one attached hydrogen (secondary N) is 2. The first kappa shape index (κ1) is 39.3. The first-order valence-corrected chi connectivity index (χ1v) is 17.5. The van der Waals surface area contributed by atoms with E-state index in [1.165, 1.54) is 12.1 Å². The molecule has 1 heterocycles. The van der Waals surface area contributed by atoms with E-state index < -0.39 is 10.1 Å². The number of ether oxygens (including phenoxy) is 1. The van der Waals surface area contributed by atoms with Crippen molar-refractivity contribution >= 4 is 71.1 Å². The van der Waals surface area contributed by atoms with Crippen LogP contribution in [0.2, 0.25) is 0 Å². The average molecular weight is 762 g/mol. The number of thiol groups is 1. The van der Waals surface area contributed by atoms with Gasteiger partial charge in [-0.15, -0.1) is 21.3 Å². The Balaban J connectivity index is 0.000000269. The molecule has 0 aliphatic rings. The van der Waals surface area contributed by atoms with Crippen molar-refractivity contribution in [3.05, 3.63) is 82.9 Å². The van der Waals surface area contributed by atoms with Crippen molar-refractivity contribution in [2.24, 2.45) is 5.16 Å². The van der Waals surface area contributed by atoms with Crippen LogP contribution >= 0.6 is 48.9 Å². The van der Waals surface area contributed by atoms with E-state index >= 15 is 0 Å². The fraction of sp³-hybridized carbons (Fsp3) is 0.222. The Kier molecular flexibility index (Phi) is 17.2. The first-order valence-electron chi connectivity index (χ1n) is 13.5. The lowest BCUT2D eigenvalue weighted by atomic mass is 10.2. The molecule has 0 atom stereocenters. The number of aryl methyl sites for hydroxylation is 1. The number of nitrogens with zero attached hydrogens (tertiary/aromatic N) is 3. The van der Waals surface area contributed by atoms with Crippen LogP contribution in [0.4, 0.5) is 5.69 Å². The maximum Gasteiger partial charge on any atom is 0.294 e. The molecule has 0 radical (unpaired) electrons. The lowest BCUT2D eigenvalue weighted by Gasteiger charge is -2.08. The van der Waals surface area contributed by atoms with Crippen LogP contribution in [0.25, 0.3) is 5.69 Å². The molecule has 0 bridgehead atoms. The van der Waals surface area contributed by atoms with E-state index in [-0.39, 0.29) is 16.4 Å². The summed E-state index contributed by atoms with van der Waals surface area (Å²) < 4.78 is 47.9. The molecule has 5 N–H and O–H groups in total. The summed E-state index contributed by atoms with van der Waals surface area (Å²) in [6.07, 6.45) is 4.57. The molecule has 16 nitrogen and oxygen atoms in total. The minimum atomic E-state index is -4.45. The van der Waals surface area contributed by atoms with Crippen LogP contribution in [-0.2, 0) is 40.3 Å². The topological polar surface area (TPSA) is 208 Å². The van der Waals surface area contributed by atoms with Gasteiger partial charge >= 0.3 is 0 Å². The molecule has 0 saturated carbocycles. The van der Waals surface area contributed by atoms with Crippen molar-refractivity contribution in [1.82, 2.24) is 14.8 Å². The Bertz CT molecular complexity index is 1770. The Labute approximate surface area is 294 Å². The molecule has 0 aliphatic carbocycles. The number of aromatic amines is 1. The third-order valence-electron chi connectivity index (χ3n) is 5.84. The van der Waals surface area contributed by atoms with Crippen LogP contribution < -0.4 is 10.1 Å². The fourth-order valence-corrected chi connectivity index (χ4v) is 5.60. The molecule has 21 heteroatoms. The van der Waals surface area contributed by atoms with E-state index in [0.29, 0.717) is 28.1 Å². The highest BCUT2D eigenvalue weighted by molar-refractivity contribution is 7.94. The summed E-state index contributed by atoms with van der Waals surface area (Å²) in [6, 6.07) is 17.0. The van der Waals surface area contributed by atoms with Gasteiger partial charge in [-0.25, -0.2) is 20.2 Å². The summed E-state index contributed by atoms with van der Waals surface area (Å²) in [5.41, 5.74) is 3.32. The zero-order valence-corrected chi connectivity index (χ0v) is 29.2. The van der Waals surface area contributed by atoms with E-state index in [1.54, 1.807) is 23.1 Å². The quantitative estimate of drug-likeness (QED) is 0.00718. The van der Waals surface area contributed by atoms with Crippen molar-refractivity contribution in [2.75, 3.05) is 17.6 Å². The Morgan fingerprint density at radius 3 is 2.62 bits per heavy atom. The van der Waals surface area contributed by atoms with E-state index in [0.717, 1.165) is 71.5 Å². The first-order chi connectivity index (χ1) is 23.1. The van der Waals surface area contributed by atoms with Crippen LogP contribution in [0.15, 0.2) is 86.8 Å². The van der Waals surface area contributed by atoms with Crippen LogP contribution in [0.5, 0.6) is 5.75 Å². The number of oxime groups is 1. The number of rotatable bonds is 18. The normalized spacial score (nSPS) is 11.3. The molecular formula is C27H31N5O11S5. The number of anilines is 1. The van der Waals surface area contributed by atoms with E-state index in [9.17, 15) is 13.0 Å². The smallest absolute Gasteiger partial charge is 0.294 e. The van der Waals surface area contributed by atoms with Gasteiger partial charge in [-0.2, -0.15) is 8.42 Å². The number of unbranched alkanes of at least 4 members (excludes halogenated alkanes) is 1. The van der Waals surface area contributed by atoms with E-state index in [1.807, 2.05) is 37.3 Å². The van der Waals surface area contributed by atoms with Crippen molar-refractivity contribution < 1.29 is 51.8 Å². The Morgan fingerprint density at radius 2 is 1.92 bits per heavy atom. The third-order valence-corrected chi connectivity index (χ3v) is 8.61. The molecule has 3 aromatic carbocycles.